The van der Waals surface area contributed by atoms with Crippen molar-refractivity contribution in [3.05, 3.63) is 29.3 Å². The van der Waals surface area contributed by atoms with E-state index in [1.54, 1.807) is 0 Å². The lowest BCUT2D eigenvalue weighted by Crippen LogP contribution is -2.29. The molecule has 0 bridgehead atoms. The van der Waals surface area contributed by atoms with Gasteiger partial charge in [0.25, 0.3) is 0 Å². The average Bonchev–Trinajstić information content (AvgIpc) is 2.66. The fraction of sp³-hybridized carbons (Fsp3) is 0.625. The number of fused-ring (bicyclic) bond motifs is 1. The summed E-state index contributed by atoms with van der Waals surface area (Å²) in [5.74, 6) is 0.665. The first-order valence-electron chi connectivity index (χ1n) is 7.09. The van der Waals surface area contributed by atoms with E-state index < -0.39 is 0 Å². The lowest BCUT2D eigenvalue weighted by Gasteiger charge is -2.25. The largest absolute Gasteiger partial charge is 0.368 e. The molecule has 0 amide bonds. The molecule has 1 aromatic rings. The lowest BCUT2D eigenvalue weighted by molar-refractivity contribution is 0.608. The highest BCUT2D eigenvalue weighted by Crippen LogP contribution is 2.37. The quantitative estimate of drug-likeness (QED) is 0.878. The van der Waals surface area contributed by atoms with Crippen LogP contribution in [0.25, 0.3) is 0 Å². The van der Waals surface area contributed by atoms with Crippen molar-refractivity contribution in [2.75, 3.05) is 18.5 Å². The van der Waals surface area contributed by atoms with Gasteiger partial charge in [-0.1, -0.05) is 19.1 Å². The monoisotopic (exact) mass is 246 g/mol. The van der Waals surface area contributed by atoms with E-state index in [4.69, 9.17) is 0 Å². The maximum absolute atomic E-state index is 3.31. The van der Waals surface area contributed by atoms with Crippen molar-refractivity contribution >= 4 is 5.69 Å². The first-order chi connectivity index (χ1) is 8.52. The van der Waals surface area contributed by atoms with Crippen LogP contribution < -0.4 is 10.2 Å². The minimum Gasteiger partial charge on any atom is -0.368 e. The van der Waals surface area contributed by atoms with Crippen molar-refractivity contribution in [2.24, 2.45) is 0 Å². The number of rotatable bonds is 4. The van der Waals surface area contributed by atoms with Crippen molar-refractivity contribution in [1.29, 1.82) is 0 Å². The lowest BCUT2D eigenvalue weighted by atomic mass is 9.99. The molecule has 2 unspecified atom stereocenters. The number of likely N-dealkylation sites (N-methyl/N-ethyl adjacent to an activating group) is 1. The van der Waals surface area contributed by atoms with Gasteiger partial charge in [-0.2, -0.15) is 0 Å². The summed E-state index contributed by atoms with van der Waals surface area (Å²) in [6.07, 6.45) is 1.10. The summed E-state index contributed by atoms with van der Waals surface area (Å²) in [5.41, 5.74) is 4.42. The summed E-state index contributed by atoms with van der Waals surface area (Å²) in [5, 5.41) is 3.31. The molecule has 0 aromatic heterocycles. The number of nitrogens with zero attached hydrogens (tertiary/aromatic N) is 1. The fourth-order valence-electron chi connectivity index (χ4n) is 2.82. The minimum absolute atomic E-state index is 0.536. The van der Waals surface area contributed by atoms with Crippen molar-refractivity contribution in [3.8, 4) is 0 Å². The highest BCUT2D eigenvalue weighted by atomic mass is 15.2. The second-order valence-corrected chi connectivity index (χ2v) is 5.93. The number of anilines is 1. The Balaban J connectivity index is 2.27. The maximum atomic E-state index is 3.31. The standard InChI is InChI=1S/C16H26N2/c1-11(2)18-10-12(3)15-7-6-14(9-16(15)18)8-13(4)17-5/h6-7,9,11-13,17H,8,10H2,1-5H3. The summed E-state index contributed by atoms with van der Waals surface area (Å²) >= 11 is 0. The highest BCUT2D eigenvalue weighted by Gasteiger charge is 2.27. The maximum Gasteiger partial charge on any atom is 0.0407 e. The van der Waals surface area contributed by atoms with Crippen LogP contribution in [0.2, 0.25) is 0 Å². The third-order valence-electron chi connectivity index (χ3n) is 4.06. The molecular formula is C16H26N2. The van der Waals surface area contributed by atoms with Crippen molar-refractivity contribution in [2.45, 2.75) is 52.1 Å². The number of nitrogens with one attached hydrogen (secondary N) is 1. The van der Waals surface area contributed by atoms with Gasteiger partial charge < -0.3 is 10.2 Å². The van der Waals surface area contributed by atoms with E-state index >= 15 is 0 Å². The summed E-state index contributed by atoms with van der Waals surface area (Å²) in [6, 6.07) is 8.15. The molecule has 0 radical (unpaired) electrons. The first kappa shape index (κ1) is 13.4. The third-order valence-corrected chi connectivity index (χ3v) is 4.06. The van der Waals surface area contributed by atoms with E-state index in [1.807, 2.05) is 7.05 Å². The molecule has 2 atom stereocenters. The van der Waals surface area contributed by atoms with Crippen LogP contribution in [0.5, 0.6) is 0 Å². The van der Waals surface area contributed by atoms with Gasteiger partial charge in [0.05, 0.1) is 0 Å². The zero-order valence-corrected chi connectivity index (χ0v) is 12.3. The summed E-state index contributed by atoms with van der Waals surface area (Å²) < 4.78 is 0. The fourth-order valence-corrected chi connectivity index (χ4v) is 2.82. The molecule has 18 heavy (non-hydrogen) atoms. The van der Waals surface area contributed by atoms with E-state index in [0.29, 0.717) is 18.0 Å². The van der Waals surface area contributed by atoms with E-state index in [1.165, 1.54) is 16.8 Å². The molecule has 2 rings (SSSR count). The van der Waals surface area contributed by atoms with Crippen LogP contribution >= 0.6 is 0 Å². The van der Waals surface area contributed by atoms with E-state index in [2.05, 4.69) is 56.1 Å². The Bertz CT molecular complexity index is 412. The second kappa shape index (κ2) is 5.31. The number of benzene rings is 1. The zero-order chi connectivity index (χ0) is 13.3. The molecule has 0 fully saturated rings. The van der Waals surface area contributed by atoms with E-state index in [-0.39, 0.29) is 0 Å². The third kappa shape index (κ3) is 2.54. The Morgan fingerprint density at radius 1 is 1.33 bits per heavy atom. The van der Waals surface area contributed by atoms with Crippen LogP contribution in [0, 0.1) is 0 Å². The topological polar surface area (TPSA) is 15.3 Å². The summed E-state index contributed by atoms with van der Waals surface area (Å²) in [4.78, 5) is 2.54. The zero-order valence-electron chi connectivity index (χ0n) is 12.3. The molecule has 1 heterocycles. The van der Waals surface area contributed by atoms with Gasteiger partial charge in [0.1, 0.15) is 0 Å². The normalized spacial score (nSPS) is 20.3. The Hall–Kier alpha value is -1.02. The molecular weight excluding hydrogens is 220 g/mol. The van der Waals surface area contributed by atoms with Crippen LogP contribution in [0.15, 0.2) is 18.2 Å². The van der Waals surface area contributed by atoms with Gasteiger partial charge in [0.2, 0.25) is 0 Å². The van der Waals surface area contributed by atoms with Gasteiger partial charge in [-0.3, -0.25) is 0 Å². The van der Waals surface area contributed by atoms with Crippen molar-refractivity contribution in [3.63, 3.8) is 0 Å². The Kier molecular flexibility index (Phi) is 3.96. The molecule has 100 valence electrons. The molecule has 1 aliphatic rings. The van der Waals surface area contributed by atoms with Gasteiger partial charge in [0, 0.05) is 30.2 Å². The van der Waals surface area contributed by atoms with Gasteiger partial charge in [0.15, 0.2) is 0 Å². The first-order valence-corrected chi connectivity index (χ1v) is 7.09. The van der Waals surface area contributed by atoms with E-state index in [9.17, 15) is 0 Å². The summed E-state index contributed by atoms with van der Waals surface area (Å²) in [7, 11) is 2.03. The predicted molar refractivity (Wildman–Crippen MR) is 79.6 cm³/mol. The van der Waals surface area contributed by atoms with Crippen molar-refractivity contribution in [1.82, 2.24) is 5.32 Å². The smallest absolute Gasteiger partial charge is 0.0407 e. The Morgan fingerprint density at radius 2 is 2.06 bits per heavy atom. The number of hydrogen-bond acceptors (Lipinski definition) is 2. The van der Waals surface area contributed by atoms with Crippen LogP contribution in [-0.2, 0) is 6.42 Å². The Morgan fingerprint density at radius 3 is 2.67 bits per heavy atom. The number of hydrogen-bond donors (Lipinski definition) is 1. The van der Waals surface area contributed by atoms with Gasteiger partial charge >= 0.3 is 0 Å². The molecule has 1 N–H and O–H groups in total. The molecule has 0 saturated heterocycles. The van der Waals surface area contributed by atoms with Gasteiger partial charge in [-0.25, -0.2) is 0 Å². The second-order valence-electron chi connectivity index (χ2n) is 5.93. The van der Waals surface area contributed by atoms with Gasteiger partial charge in [-0.05, 0) is 51.4 Å². The van der Waals surface area contributed by atoms with Crippen LogP contribution in [0.3, 0.4) is 0 Å². The molecule has 0 saturated carbocycles. The molecule has 0 aliphatic carbocycles. The van der Waals surface area contributed by atoms with Gasteiger partial charge in [-0.15, -0.1) is 0 Å². The van der Waals surface area contributed by atoms with Crippen molar-refractivity contribution < 1.29 is 0 Å². The van der Waals surface area contributed by atoms with Crippen LogP contribution in [-0.4, -0.2) is 25.7 Å². The molecule has 2 nitrogen and oxygen atoms in total. The van der Waals surface area contributed by atoms with Crippen LogP contribution in [0.1, 0.15) is 44.7 Å². The Labute approximate surface area is 111 Å². The SMILES string of the molecule is CNC(C)Cc1ccc2c(c1)N(C(C)C)CC2C. The van der Waals surface area contributed by atoms with Crippen LogP contribution in [0.4, 0.5) is 5.69 Å². The molecule has 2 heteroatoms. The summed E-state index contributed by atoms with van der Waals surface area (Å²) in [6.45, 7) is 10.3. The molecule has 0 spiro atoms. The molecule has 1 aliphatic heterocycles. The minimum atomic E-state index is 0.536. The van der Waals surface area contributed by atoms with E-state index in [0.717, 1.165) is 13.0 Å². The molecule has 1 aromatic carbocycles. The predicted octanol–water partition coefficient (Wildman–Crippen LogP) is 3.17. The highest BCUT2D eigenvalue weighted by molar-refractivity contribution is 5.62. The average molecular weight is 246 g/mol.